The second-order valence-electron chi connectivity index (χ2n) is 3.77. The molecule has 0 spiro atoms. The van der Waals surface area contributed by atoms with E-state index in [2.05, 4.69) is 10.3 Å². The smallest absolute Gasteiger partial charge is 0.254 e. The summed E-state index contributed by atoms with van der Waals surface area (Å²) in [5.41, 5.74) is 0.411. The first-order valence-electron chi connectivity index (χ1n) is 5.83. The Hall–Kier alpha value is -1.52. The maximum Gasteiger partial charge on any atom is 0.254 e. The van der Waals surface area contributed by atoms with Gasteiger partial charge in [0.05, 0.1) is 10.6 Å². The minimum atomic E-state index is -0.188. The van der Waals surface area contributed by atoms with Crippen molar-refractivity contribution in [1.82, 2.24) is 10.3 Å². The van der Waals surface area contributed by atoms with Crippen LogP contribution < -0.4 is 5.32 Å². The van der Waals surface area contributed by atoms with Crippen molar-refractivity contribution < 1.29 is 4.79 Å². The number of thioether (sulfide) groups is 1. The summed E-state index contributed by atoms with van der Waals surface area (Å²) in [6.45, 7) is 0.587. The zero-order valence-electron chi connectivity index (χ0n) is 10.2. The Bertz CT molecular complexity index is 548. The molecule has 0 atom stereocenters. The lowest BCUT2D eigenvalue weighted by Crippen LogP contribution is -2.26. The van der Waals surface area contributed by atoms with Crippen LogP contribution in [0.5, 0.6) is 0 Å². The highest BCUT2D eigenvalue weighted by molar-refractivity contribution is 7.99. The van der Waals surface area contributed by atoms with Crippen LogP contribution in [0.3, 0.4) is 0 Å². The molecule has 2 rings (SSSR count). The second kappa shape index (κ2) is 7.16. The number of benzene rings is 1. The van der Waals surface area contributed by atoms with Crippen molar-refractivity contribution in [1.29, 1.82) is 0 Å². The summed E-state index contributed by atoms with van der Waals surface area (Å²) in [6.07, 6.45) is 3.03. The molecule has 0 aliphatic heterocycles. The predicted octanol–water partition coefficient (Wildman–Crippen LogP) is 3.26. The van der Waals surface area contributed by atoms with E-state index in [9.17, 15) is 4.79 Å². The molecule has 1 aromatic heterocycles. The molecule has 0 aliphatic rings. The number of halogens is 1. The molecular weight excluding hydrogens is 280 g/mol. The molecule has 0 bridgehead atoms. The number of pyridine rings is 1. The lowest BCUT2D eigenvalue weighted by atomic mass is 10.2. The van der Waals surface area contributed by atoms with Crippen molar-refractivity contribution in [2.24, 2.45) is 0 Å². The normalized spacial score (nSPS) is 10.2. The lowest BCUT2D eigenvalue weighted by molar-refractivity contribution is 0.0956. The summed E-state index contributed by atoms with van der Waals surface area (Å²) in [7, 11) is 0. The van der Waals surface area contributed by atoms with Crippen molar-refractivity contribution in [2.45, 2.75) is 4.90 Å². The molecule has 0 fully saturated rings. The Morgan fingerprint density at radius 1 is 1.26 bits per heavy atom. The largest absolute Gasteiger partial charge is 0.351 e. The van der Waals surface area contributed by atoms with Crippen molar-refractivity contribution in [3.8, 4) is 0 Å². The standard InChI is InChI=1S/C14H13ClN2OS/c15-13-6-7-16-10-12(13)14(18)17-8-9-19-11-4-2-1-3-5-11/h1-7,10H,8-9H2,(H,17,18). The third-order valence-corrected chi connectivity index (χ3v) is 3.76. The van der Waals surface area contributed by atoms with E-state index >= 15 is 0 Å². The van der Waals surface area contributed by atoms with Gasteiger partial charge in [0.25, 0.3) is 5.91 Å². The monoisotopic (exact) mass is 292 g/mol. The van der Waals surface area contributed by atoms with Gasteiger partial charge in [-0.25, -0.2) is 0 Å². The summed E-state index contributed by atoms with van der Waals surface area (Å²) in [4.78, 5) is 16.9. The predicted molar refractivity (Wildman–Crippen MR) is 78.7 cm³/mol. The van der Waals surface area contributed by atoms with Crippen LogP contribution >= 0.6 is 23.4 Å². The van der Waals surface area contributed by atoms with E-state index in [1.165, 1.54) is 11.1 Å². The average molecular weight is 293 g/mol. The first kappa shape index (κ1) is 13.9. The zero-order valence-corrected chi connectivity index (χ0v) is 11.7. The van der Waals surface area contributed by atoms with E-state index in [0.717, 1.165) is 5.75 Å². The maximum absolute atomic E-state index is 11.8. The van der Waals surface area contributed by atoms with Crippen molar-refractivity contribution in [2.75, 3.05) is 12.3 Å². The lowest BCUT2D eigenvalue weighted by Gasteiger charge is -2.06. The zero-order chi connectivity index (χ0) is 13.5. The number of amides is 1. The Balaban J connectivity index is 1.77. The molecule has 0 saturated carbocycles. The summed E-state index contributed by atoms with van der Waals surface area (Å²) in [5, 5.41) is 3.25. The molecule has 3 nitrogen and oxygen atoms in total. The molecule has 1 aromatic carbocycles. The Kier molecular flexibility index (Phi) is 5.24. The first-order chi connectivity index (χ1) is 9.27. The van der Waals surface area contributed by atoms with Crippen LogP contribution in [0, 0.1) is 0 Å². The topological polar surface area (TPSA) is 42.0 Å². The molecule has 0 saturated heterocycles. The van der Waals surface area contributed by atoms with Crippen LogP contribution in [0.4, 0.5) is 0 Å². The van der Waals surface area contributed by atoms with Crippen molar-refractivity contribution >= 4 is 29.3 Å². The van der Waals surface area contributed by atoms with E-state index in [-0.39, 0.29) is 5.91 Å². The number of hydrogen-bond acceptors (Lipinski definition) is 3. The van der Waals surface area contributed by atoms with Gasteiger partial charge in [-0.05, 0) is 18.2 Å². The van der Waals surface area contributed by atoms with Crippen LogP contribution in [-0.4, -0.2) is 23.2 Å². The number of nitrogens with zero attached hydrogens (tertiary/aromatic N) is 1. The van der Waals surface area contributed by atoms with Crippen molar-refractivity contribution in [3.05, 3.63) is 59.4 Å². The van der Waals surface area contributed by atoms with Gasteiger partial charge in [0, 0.05) is 29.6 Å². The highest BCUT2D eigenvalue weighted by Gasteiger charge is 2.08. The fourth-order valence-corrected chi connectivity index (χ4v) is 2.47. The van der Waals surface area contributed by atoms with Crippen molar-refractivity contribution in [3.63, 3.8) is 0 Å². The summed E-state index contributed by atoms with van der Waals surface area (Å²) in [5.74, 6) is 0.625. The van der Waals surface area contributed by atoms with Gasteiger partial charge in [0.15, 0.2) is 0 Å². The minimum absolute atomic E-state index is 0.188. The van der Waals surface area contributed by atoms with E-state index in [1.54, 1.807) is 24.0 Å². The summed E-state index contributed by atoms with van der Waals surface area (Å²) < 4.78 is 0. The average Bonchev–Trinajstić information content (AvgIpc) is 2.45. The molecule has 1 N–H and O–H groups in total. The Labute approximate surface area is 121 Å². The second-order valence-corrected chi connectivity index (χ2v) is 5.35. The van der Waals surface area contributed by atoms with Gasteiger partial charge < -0.3 is 5.32 Å². The number of rotatable bonds is 5. The fourth-order valence-electron chi connectivity index (χ4n) is 1.49. The van der Waals surface area contributed by atoms with Crippen LogP contribution in [0.15, 0.2) is 53.7 Å². The van der Waals surface area contributed by atoms with Gasteiger partial charge in [-0.1, -0.05) is 29.8 Å². The molecule has 19 heavy (non-hydrogen) atoms. The molecular formula is C14H13ClN2OS. The highest BCUT2D eigenvalue weighted by Crippen LogP contribution is 2.16. The van der Waals surface area contributed by atoms with Gasteiger partial charge in [0.2, 0.25) is 0 Å². The molecule has 2 aromatic rings. The molecule has 98 valence electrons. The quantitative estimate of drug-likeness (QED) is 0.679. The van der Waals surface area contributed by atoms with Crippen LogP contribution in [0.1, 0.15) is 10.4 Å². The number of hydrogen-bond donors (Lipinski definition) is 1. The molecule has 5 heteroatoms. The number of carbonyl (C=O) groups is 1. The van der Waals surface area contributed by atoms with E-state index < -0.39 is 0 Å². The van der Waals surface area contributed by atoms with Gasteiger partial charge in [0.1, 0.15) is 0 Å². The van der Waals surface area contributed by atoms with Crippen LogP contribution in [-0.2, 0) is 0 Å². The van der Waals surface area contributed by atoms with Gasteiger partial charge >= 0.3 is 0 Å². The SMILES string of the molecule is O=C(NCCSc1ccccc1)c1cnccc1Cl. The first-order valence-corrected chi connectivity index (χ1v) is 7.19. The number of aromatic nitrogens is 1. The summed E-state index contributed by atoms with van der Waals surface area (Å²) >= 11 is 7.62. The number of carbonyl (C=O) groups excluding carboxylic acids is 1. The molecule has 1 amide bonds. The molecule has 1 heterocycles. The number of nitrogens with one attached hydrogen (secondary N) is 1. The molecule has 0 radical (unpaired) electrons. The maximum atomic E-state index is 11.8. The highest BCUT2D eigenvalue weighted by atomic mass is 35.5. The van der Waals surface area contributed by atoms with E-state index in [4.69, 9.17) is 11.6 Å². The van der Waals surface area contributed by atoms with Gasteiger partial charge in [-0.15, -0.1) is 11.8 Å². The Morgan fingerprint density at radius 2 is 2.05 bits per heavy atom. The molecule has 0 aliphatic carbocycles. The van der Waals surface area contributed by atoms with Gasteiger partial charge in [-0.2, -0.15) is 0 Å². The van der Waals surface area contributed by atoms with E-state index in [0.29, 0.717) is 17.1 Å². The molecule has 0 unspecified atom stereocenters. The third-order valence-electron chi connectivity index (χ3n) is 2.41. The third kappa shape index (κ3) is 4.26. The van der Waals surface area contributed by atoms with Crippen LogP contribution in [0.25, 0.3) is 0 Å². The minimum Gasteiger partial charge on any atom is -0.351 e. The van der Waals surface area contributed by atoms with Crippen LogP contribution in [0.2, 0.25) is 5.02 Å². The van der Waals surface area contributed by atoms with E-state index in [1.807, 2.05) is 30.3 Å². The Morgan fingerprint density at radius 3 is 2.79 bits per heavy atom. The summed E-state index contributed by atoms with van der Waals surface area (Å²) in [6, 6.07) is 11.7. The van der Waals surface area contributed by atoms with Gasteiger partial charge in [-0.3, -0.25) is 9.78 Å². The fraction of sp³-hybridized carbons (Fsp3) is 0.143.